The second-order valence-corrected chi connectivity index (χ2v) is 5.84. The van der Waals surface area contributed by atoms with Gasteiger partial charge in [-0.2, -0.15) is 8.78 Å². The number of halogens is 2. The third-order valence-corrected chi connectivity index (χ3v) is 3.94. The first kappa shape index (κ1) is 16.3. The highest BCUT2D eigenvalue weighted by molar-refractivity contribution is 7.98. The predicted octanol–water partition coefficient (Wildman–Crippen LogP) is 2.01. The van der Waals surface area contributed by atoms with E-state index < -0.39 is 17.3 Å². The van der Waals surface area contributed by atoms with Crippen LogP contribution in [-0.2, 0) is 10.5 Å². The van der Waals surface area contributed by atoms with Crippen molar-refractivity contribution in [3.63, 3.8) is 0 Å². The van der Waals surface area contributed by atoms with E-state index >= 15 is 0 Å². The molecule has 0 radical (unpaired) electrons. The third-order valence-electron chi connectivity index (χ3n) is 3.24. The molecule has 1 saturated heterocycles. The maximum Gasteiger partial charge on any atom is 0.287 e. The Morgan fingerprint density at radius 3 is 2.81 bits per heavy atom. The fraction of sp³-hybridized carbons (Fsp3) is 0.615. The van der Waals surface area contributed by atoms with Gasteiger partial charge in [-0.25, -0.2) is 0 Å². The van der Waals surface area contributed by atoms with Crippen molar-refractivity contribution < 1.29 is 27.8 Å². The zero-order valence-corrected chi connectivity index (χ0v) is 12.1. The summed E-state index contributed by atoms with van der Waals surface area (Å²) in [4.78, 5) is 11.9. The Morgan fingerprint density at radius 1 is 1.43 bits per heavy atom. The number of nitrogens with one attached hydrogen (secondary N) is 1. The molecular weight excluding hydrogens is 304 g/mol. The SMILES string of the molecule is O=C(NCC1(O)CCOCC1)c1ccc(CSC(F)F)o1. The van der Waals surface area contributed by atoms with Gasteiger partial charge in [-0.1, -0.05) is 11.8 Å². The minimum absolute atomic E-state index is 0.00617. The van der Waals surface area contributed by atoms with Gasteiger partial charge in [0.15, 0.2) is 5.76 Å². The number of aliphatic hydroxyl groups is 1. The van der Waals surface area contributed by atoms with Crippen molar-refractivity contribution >= 4 is 17.7 Å². The normalized spacial score (nSPS) is 17.9. The summed E-state index contributed by atoms with van der Waals surface area (Å²) in [5.74, 6) is -2.57. The van der Waals surface area contributed by atoms with Gasteiger partial charge < -0.3 is 19.6 Å². The molecule has 1 aliphatic heterocycles. The molecule has 1 aromatic heterocycles. The van der Waals surface area contributed by atoms with Crippen LogP contribution in [0.4, 0.5) is 8.78 Å². The van der Waals surface area contributed by atoms with Crippen LogP contribution < -0.4 is 5.32 Å². The lowest BCUT2D eigenvalue weighted by atomic mass is 9.94. The summed E-state index contributed by atoms with van der Waals surface area (Å²) >= 11 is 0.432. The Bertz CT molecular complexity index is 474. The van der Waals surface area contributed by atoms with Gasteiger partial charge in [-0.3, -0.25) is 4.79 Å². The summed E-state index contributed by atoms with van der Waals surface area (Å²) in [7, 11) is 0. The molecule has 2 N–H and O–H groups in total. The molecule has 1 amide bonds. The monoisotopic (exact) mass is 321 g/mol. The number of amides is 1. The zero-order chi connectivity index (χ0) is 15.3. The molecule has 1 aromatic rings. The standard InChI is InChI=1S/C13H17F2NO4S/c14-12(15)21-7-9-1-2-10(20-9)11(17)16-8-13(18)3-5-19-6-4-13/h1-2,12,18H,3-8H2,(H,16,17). The van der Waals surface area contributed by atoms with Gasteiger partial charge in [0.2, 0.25) is 0 Å². The molecule has 1 fully saturated rings. The Labute approximate surface area is 125 Å². The maximum absolute atomic E-state index is 12.1. The lowest BCUT2D eigenvalue weighted by Gasteiger charge is -2.31. The number of furan rings is 1. The predicted molar refractivity (Wildman–Crippen MR) is 73.3 cm³/mol. The number of hydrogen-bond acceptors (Lipinski definition) is 5. The molecule has 0 saturated carbocycles. The molecule has 2 rings (SSSR count). The van der Waals surface area contributed by atoms with Gasteiger partial charge in [-0.15, -0.1) is 0 Å². The molecule has 5 nitrogen and oxygen atoms in total. The van der Waals surface area contributed by atoms with Gasteiger partial charge in [0.25, 0.3) is 11.7 Å². The van der Waals surface area contributed by atoms with Crippen LogP contribution in [0.1, 0.15) is 29.2 Å². The van der Waals surface area contributed by atoms with E-state index in [1.54, 1.807) is 0 Å². The summed E-state index contributed by atoms with van der Waals surface area (Å²) in [5, 5.41) is 12.8. The molecule has 21 heavy (non-hydrogen) atoms. The highest BCUT2D eigenvalue weighted by atomic mass is 32.2. The molecule has 0 aromatic carbocycles. The van der Waals surface area contributed by atoms with Crippen LogP contribution in [0.5, 0.6) is 0 Å². The largest absolute Gasteiger partial charge is 0.455 e. The summed E-state index contributed by atoms with van der Waals surface area (Å²) in [6.07, 6.45) is 0.920. The van der Waals surface area contributed by atoms with Crippen LogP contribution in [-0.4, -0.2) is 42.1 Å². The first-order chi connectivity index (χ1) is 9.98. The minimum atomic E-state index is -2.48. The number of hydrogen-bond donors (Lipinski definition) is 2. The third kappa shape index (κ3) is 4.98. The van der Waals surface area contributed by atoms with Crippen LogP contribution in [0.15, 0.2) is 16.5 Å². The van der Waals surface area contributed by atoms with E-state index in [2.05, 4.69) is 5.32 Å². The van der Waals surface area contributed by atoms with Crippen molar-refractivity contribution in [1.82, 2.24) is 5.32 Å². The first-order valence-corrected chi connectivity index (χ1v) is 7.60. The van der Waals surface area contributed by atoms with Crippen molar-refractivity contribution in [2.75, 3.05) is 19.8 Å². The van der Waals surface area contributed by atoms with Crippen LogP contribution >= 0.6 is 11.8 Å². The van der Waals surface area contributed by atoms with Crippen molar-refractivity contribution in [2.24, 2.45) is 0 Å². The molecule has 0 aliphatic carbocycles. The van der Waals surface area contributed by atoms with Crippen LogP contribution in [0, 0.1) is 0 Å². The molecule has 1 aliphatic rings. The Hall–Kier alpha value is -1.12. The average Bonchev–Trinajstić information content (AvgIpc) is 2.92. The van der Waals surface area contributed by atoms with Crippen molar-refractivity contribution in [3.8, 4) is 0 Å². The van der Waals surface area contributed by atoms with E-state index in [1.807, 2.05) is 0 Å². The number of alkyl halides is 2. The number of rotatable bonds is 6. The average molecular weight is 321 g/mol. The second kappa shape index (κ2) is 7.24. The summed E-state index contributed by atoms with van der Waals surface area (Å²) < 4.78 is 34.5. The summed E-state index contributed by atoms with van der Waals surface area (Å²) in [6.45, 7) is 1.03. The highest BCUT2D eigenvalue weighted by Crippen LogP contribution is 2.22. The van der Waals surface area contributed by atoms with Crippen molar-refractivity contribution in [1.29, 1.82) is 0 Å². The quantitative estimate of drug-likeness (QED) is 0.838. The van der Waals surface area contributed by atoms with Crippen LogP contribution in [0.2, 0.25) is 0 Å². The number of carbonyl (C=O) groups excluding carboxylic acids is 1. The lowest BCUT2D eigenvalue weighted by Crippen LogP contribution is -2.46. The van der Waals surface area contributed by atoms with E-state index in [9.17, 15) is 18.7 Å². The van der Waals surface area contributed by atoms with Crippen molar-refractivity contribution in [2.45, 2.75) is 30.0 Å². The molecule has 118 valence electrons. The van der Waals surface area contributed by atoms with E-state index in [0.717, 1.165) is 0 Å². The van der Waals surface area contributed by atoms with Gasteiger partial charge >= 0.3 is 0 Å². The molecular formula is C13H17F2NO4S. The Kier molecular flexibility index (Phi) is 5.60. The van der Waals surface area contributed by atoms with Gasteiger partial charge in [0.05, 0.1) is 11.4 Å². The molecule has 0 spiro atoms. The fourth-order valence-corrected chi connectivity index (χ4v) is 2.43. The number of ether oxygens (including phenoxy) is 1. The summed E-state index contributed by atoms with van der Waals surface area (Å²) in [6, 6.07) is 2.93. The second-order valence-electron chi connectivity index (χ2n) is 4.86. The van der Waals surface area contributed by atoms with E-state index in [4.69, 9.17) is 9.15 Å². The van der Waals surface area contributed by atoms with E-state index in [0.29, 0.717) is 43.6 Å². The Morgan fingerprint density at radius 2 is 2.14 bits per heavy atom. The van der Waals surface area contributed by atoms with E-state index in [-0.39, 0.29) is 18.1 Å². The number of carbonyl (C=O) groups is 1. The number of thioether (sulfide) groups is 1. The fourth-order valence-electron chi connectivity index (χ4n) is 1.98. The molecule has 2 heterocycles. The Balaban J connectivity index is 1.82. The van der Waals surface area contributed by atoms with Crippen LogP contribution in [0.25, 0.3) is 0 Å². The van der Waals surface area contributed by atoms with Gasteiger partial charge in [0.1, 0.15) is 5.76 Å². The van der Waals surface area contributed by atoms with Gasteiger partial charge in [0, 0.05) is 32.6 Å². The minimum Gasteiger partial charge on any atom is -0.455 e. The molecule has 0 unspecified atom stereocenters. The topological polar surface area (TPSA) is 71.7 Å². The van der Waals surface area contributed by atoms with E-state index in [1.165, 1.54) is 12.1 Å². The molecule has 0 bridgehead atoms. The van der Waals surface area contributed by atoms with Crippen LogP contribution in [0.3, 0.4) is 0 Å². The van der Waals surface area contributed by atoms with Crippen molar-refractivity contribution in [3.05, 3.63) is 23.7 Å². The molecule has 8 heteroatoms. The maximum atomic E-state index is 12.1. The highest BCUT2D eigenvalue weighted by Gasteiger charge is 2.30. The zero-order valence-electron chi connectivity index (χ0n) is 11.3. The lowest BCUT2D eigenvalue weighted by molar-refractivity contribution is -0.0605. The van der Waals surface area contributed by atoms with Gasteiger partial charge in [-0.05, 0) is 12.1 Å². The smallest absolute Gasteiger partial charge is 0.287 e. The first-order valence-electron chi connectivity index (χ1n) is 6.55. The molecule has 0 atom stereocenters. The summed E-state index contributed by atoms with van der Waals surface area (Å²) in [5.41, 5.74) is -0.963.